The average molecular weight is 462 g/mol. The van der Waals surface area contributed by atoms with Crippen molar-refractivity contribution in [2.75, 3.05) is 13.2 Å². The van der Waals surface area contributed by atoms with Crippen LogP contribution in [0.4, 0.5) is 13.2 Å². The molecule has 0 aliphatic rings. The van der Waals surface area contributed by atoms with Gasteiger partial charge < -0.3 is 9.47 Å². The number of aromatic amines is 1. The molecule has 0 unspecified atom stereocenters. The Labute approximate surface area is 192 Å². The van der Waals surface area contributed by atoms with E-state index in [1.165, 1.54) is 0 Å². The zero-order valence-corrected chi connectivity index (χ0v) is 19.0. The van der Waals surface area contributed by atoms with Crippen LogP contribution in [0.1, 0.15) is 58.1 Å². The van der Waals surface area contributed by atoms with Crippen LogP contribution in [-0.2, 0) is 6.18 Å². The number of alkyl halides is 3. The first-order valence-electron chi connectivity index (χ1n) is 11.4. The molecule has 1 N–H and O–H groups in total. The summed E-state index contributed by atoms with van der Waals surface area (Å²) in [6.07, 6.45) is 3.25. The third-order valence-corrected chi connectivity index (χ3v) is 5.19. The second kappa shape index (κ2) is 11.7. The van der Waals surface area contributed by atoms with E-state index in [-0.39, 0.29) is 5.69 Å². The van der Waals surface area contributed by atoms with E-state index in [1.54, 1.807) is 18.3 Å². The smallest absolute Gasteiger partial charge is 0.435 e. The molecule has 0 aliphatic carbocycles. The number of aromatic nitrogens is 3. The number of pyridine rings is 1. The highest BCUT2D eigenvalue weighted by Crippen LogP contribution is 2.40. The standard InChI is InChI=1S/C25H30F3N3O2/c1-3-5-7-14-32-21-10-9-11-22(33-15-8-6-4-2)24(21)18-12-13-29-19(16-18)20-17-23(31-30-20)25(26,27)28/h9-13,16-17H,3-8,14-15H2,1-2H3,(H,30,31). The molecule has 0 spiro atoms. The quantitative estimate of drug-likeness (QED) is 0.288. The number of hydrogen-bond donors (Lipinski definition) is 1. The van der Waals surface area contributed by atoms with Crippen molar-refractivity contribution in [3.63, 3.8) is 0 Å². The van der Waals surface area contributed by atoms with Crippen molar-refractivity contribution < 1.29 is 22.6 Å². The lowest BCUT2D eigenvalue weighted by Crippen LogP contribution is -2.04. The first-order chi connectivity index (χ1) is 15.9. The van der Waals surface area contributed by atoms with Gasteiger partial charge in [0, 0.05) is 6.20 Å². The molecule has 3 rings (SSSR count). The number of hydrogen-bond acceptors (Lipinski definition) is 4. The molecular formula is C25H30F3N3O2. The van der Waals surface area contributed by atoms with E-state index in [2.05, 4.69) is 29.0 Å². The van der Waals surface area contributed by atoms with E-state index in [0.29, 0.717) is 30.4 Å². The van der Waals surface area contributed by atoms with E-state index in [9.17, 15) is 13.2 Å². The lowest BCUT2D eigenvalue weighted by Gasteiger charge is -2.17. The van der Waals surface area contributed by atoms with Crippen molar-refractivity contribution in [1.82, 2.24) is 15.2 Å². The maximum atomic E-state index is 13.0. The Balaban J connectivity index is 1.94. The summed E-state index contributed by atoms with van der Waals surface area (Å²) in [6, 6.07) is 10.1. The Morgan fingerprint density at radius 1 is 0.879 bits per heavy atom. The van der Waals surface area contributed by atoms with Crippen LogP contribution in [0.3, 0.4) is 0 Å². The highest BCUT2D eigenvalue weighted by atomic mass is 19.4. The summed E-state index contributed by atoms with van der Waals surface area (Å²) in [5.74, 6) is 1.36. The van der Waals surface area contributed by atoms with E-state index in [0.717, 1.165) is 55.7 Å². The topological polar surface area (TPSA) is 60.0 Å². The third-order valence-electron chi connectivity index (χ3n) is 5.19. The highest BCUT2D eigenvalue weighted by molar-refractivity contribution is 5.79. The first-order valence-corrected chi connectivity index (χ1v) is 11.4. The van der Waals surface area contributed by atoms with E-state index in [1.807, 2.05) is 18.2 Å². The van der Waals surface area contributed by atoms with Crippen LogP contribution >= 0.6 is 0 Å². The summed E-state index contributed by atoms with van der Waals surface area (Å²) in [5, 5.41) is 5.82. The lowest BCUT2D eigenvalue weighted by atomic mass is 10.0. The first kappa shape index (κ1) is 24.6. The number of ether oxygens (including phenoxy) is 2. The normalized spacial score (nSPS) is 11.5. The van der Waals surface area contributed by atoms with Crippen molar-refractivity contribution in [2.45, 2.75) is 58.5 Å². The molecule has 5 nitrogen and oxygen atoms in total. The maximum absolute atomic E-state index is 13.0. The highest BCUT2D eigenvalue weighted by Gasteiger charge is 2.34. The van der Waals surface area contributed by atoms with Gasteiger partial charge in [-0.1, -0.05) is 45.6 Å². The van der Waals surface area contributed by atoms with Gasteiger partial charge in [-0.05, 0) is 48.7 Å². The average Bonchev–Trinajstić information content (AvgIpc) is 3.31. The van der Waals surface area contributed by atoms with Gasteiger partial charge in [-0.25, -0.2) is 0 Å². The van der Waals surface area contributed by atoms with Crippen molar-refractivity contribution in [3.8, 4) is 34.0 Å². The summed E-state index contributed by atoms with van der Waals surface area (Å²) in [7, 11) is 0. The molecule has 0 fully saturated rings. The number of unbranched alkanes of at least 4 members (excludes halogenated alkanes) is 4. The van der Waals surface area contributed by atoms with Gasteiger partial charge in [0.25, 0.3) is 0 Å². The second-order valence-corrected chi connectivity index (χ2v) is 7.83. The van der Waals surface area contributed by atoms with Gasteiger partial charge in [0.1, 0.15) is 11.5 Å². The molecule has 0 saturated carbocycles. The molecule has 0 atom stereocenters. The summed E-state index contributed by atoms with van der Waals surface area (Å²) in [6.45, 7) is 5.42. The fraction of sp³-hybridized carbons (Fsp3) is 0.440. The molecule has 0 radical (unpaired) electrons. The Kier molecular flexibility index (Phi) is 8.74. The molecule has 3 aromatic rings. The van der Waals surface area contributed by atoms with E-state index < -0.39 is 11.9 Å². The molecule has 0 amide bonds. The molecule has 8 heteroatoms. The fourth-order valence-corrected chi connectivity index (χ4v) is 3.44. The van der Waals surface area contributed by atoms with E-state index >= 15 is 0 Å². The maximum Gasteiger partial charge on any atom is 0.435 e. The number of benzene rings is 1. The largest absolute Gasteiger partial charge is 0.493 e. The molecule has 2 heterocycles. The lowest BCUT2D eigenvalue weighted by molar-refractivity contribution is -0.141. The molecule has 0 aliphatic heterocycles. The zero-order chi connectivity index (χ0) is 23.7. The van der Waals surface area contributed by atoms with Gasteiger partial charge >= 0.3 is 6.18 Å². The summed E-state index contributed by atoms with van der Waals surface area (Å²) in [5.41, 5.74) is 1.08. The van der Waals surface area contributed by atoms with E-state index in [4.69, 9.17) is 9.47 Å². The minimum Gasteiger partial charge on any atom is -0.493 e. The summed E-state index contributed by atoms with van der Waals surface area (Å²) >= 11 is 0. The number of nitrogens with one attached hydrogen (secondary N) is 1. The fourth-order valence-electron chi connectivity index (χ4n) is 3.44. The van der Waals surface area contributed by atoms with Crippen LogP contribution in [0, 0.1) is 0 Å². The van der Waals surface area contributed by atoms with Gasteiger partial charge in [0.15, 0.2) is 5.69 Å². The Morgan fingerprint density at radius 2 is 1.52 bits per heavy atom. The molecule has 0 saturated heterocycles. The Morgan fingerprint density at radius 3 is 2.06 bits per heavy atom. The summed E-state index contributed by atoms with van der Waals surface area (Å²) in [4.78, 5) is 4.24. The van der Waals surface area contributed by atoms with Gasteiger partial charge in [-0.15, -0.1) is 0 Å². The zero-order valence-electron chi connectivity index (χ0n) is 19.0. The summed E-state index contributed by atoms with van der Waals surface area (Å²) < 4.78 is 51.1. The number of nitrogens with zero attached hydrogens (tertiary/aromatic N) is 2. The van der Waals surface area contributed by atoms with Crippen molar-refractivity contribution in [3.05, 3.63) is 48.3 Å². The second-order valence-electron chi connectivity index (χ2n) is 7.83. The molecular weight excluding hydrogens is 431 g/mol. The van der Waals surface area contributed by atoms with Gasteiger partial charge in [0.05, 0.1) is 30.2 Å². The minimum absolute atomic E-state index is 0.191. The Bertz CT molecular complexity index is 988. The molecule has 178 valence electrons. The van der Waals surface area contributed by atoms with Crippen molar-refractivity contribution in [1.29, 1.82) is 0 Å². The van der Waals surface area contributed by atoms with Gasteiger partial charge in [-0.2, -0.15) is 18.3 Å². The molecule has 0 bridgehead atoms. The number of rotatable bonds is 12. The van der Waals surface area contributed by atoms with Gasteiger partial charge in [0.2, 0.25) is 0 Å². The number of H-pyrrole nitrogens is 1. The monoisotopic (exact) mass is 461 g/mol. The van der Waals surface area contributed by atoms with Crippen LogP contribution in [0.15, 0.2) is 42.6 Å². The van der Waals surface area contributed by atoms with Crippen LogP contribution in [0.5, 0.6) is 11.5 Å². The van der Waals surface area contributed by atoms with Crippen molar-refractivity contribution >= 4 is 0 Å². The predicted octanol–water partition coefficient (Wildman–Crippen LogP) is 7.30. The molecule has 2 aromatic heterocycles. The molecule has 1 aromatic carbocycles. The van der Waals surface area contributed by atoms with Crippen molar-refractivity contribution in [2.24, 2.45) is 0 Å². The van der Waals surface area contributed by atoms with Gasteiger partial charge in [-0.3, -0.25) is 10.1 Å². The van der Waals surface area contributed by atoms with Crippen LogP contribution in [0.25, 0.3) is 22.5 Å². The molecule has 33 heavy (non-hydrogen) atoms. The minimum atomic E-state index is -4.52. The number of halogens is 3. The predicted molar refractivity (Wildman–Crippen MR) is 122 cm³/mol. The van der Waals surface area contributed by atoms with Crippen LogP contribution in [0.2, 0.25) is 0 Å². The third kappa shape index (κ3) is 6.73. The Hall–Kier alpha value is -3.03. The SMILES string of the molecule is CCCCCOc1cccc(OCCCCC)c1-c1ccnc(-c2cc(C(F)(F)F)n[nH]2)c1. The van der Waals surface area contributed by atoms with Crippen LogP contribution < -0.4 is 9.47 Å². The van der Waals surface area contributed by atoms with Crippen LogP contribution in [-0.4, -0.2) is 28.4 Å².